The van der Waals surface area contributed by atoms with E-state index >= 15 is 0 Å². The predicted octanol–water partition coefficient (Wildman–Crippen LogP) is 3.87. The zero-order valence-electron chi connectivity index (χ0n) is 18.0. The average Bonchev–Trinajstić information content (AvgIpc) is 2.71. The Morgan fingerprint density at radius 3 is 2.33 bits per heavy atom. The van der Waals surface area contributed by atoms with Crippen molar-refractivity contribution >= 4 is 15.9 Å². The molecule has 1 N–H and O–H groups in total. The molecule has 1 atom stereocenters. The normalized spacial score (nSPS) is 36.0. The summed E-state index contributed by atoms with van der Waals surface area (Å²) in [5, 5.41) is 3.23. The molecule has 4 aliphatic carbocycles. The second kappa shape index (κ2) is 7.63. The van der Waals surface area contributed by atoms with Crippen LogP contribution in [-0.4, -0.2) is 37.8 Å². The van der Waals surface area contributed by atoms with Crippen molar-refractivity contribution in [1.29, 1.82) is 0 Å². The first kappa shape index (κ1) is 20.5. The zero-order valence-corrected chi connectivity index (χ0v) is 18.8. The van der Waals surface area contributed by atoms with Crippen molar-refractivity contribution in [1.82, 2.24) is 9.62 Å². The van der Waals surface area contributed by atoms with Crippen LogP contribution in [0.1, 0.15) is 63.4 Å². The molecule has 4 saturated carbocycles. The molecule has 0 spiro atoms. The van der Waals surface area contributed by atoms with Gasteiger partial charge in [-0.25, -0.2) is 8.42 Å². The third kappa shape index (κ3) is 3.50. The molecule has 1 unspecified atom stereocenters. The minimum absolute atomic E-state index is 0.152. The highest BCUT2D eigenvalue weighted by molar-refractivity contribution is 7.89. The van der Waals surface area contributed by atoms with Crippen LogP contribution in [-0.2, 0) is 14.8 Å². The number of nitrogens with zero attached hydrogens (tertiary/aromatic N) is 1. The smallest absolute Gasteiger partial charge is 0.243 e. The maximum absolute atomic E-state index is 13.4. The molecule has 1 aromatic carbocycles. The molecular formula is C24H34N2O3S. The highest BCUT2D eigenvalue weighted by Crippen LogP contribution is 2.60. The monoisotopic (exact) mass is 430 g/mol. The first-order chi connectivity index (χ1) is 14.4. The maximum Gasteiger partial charge on any atom is 0.243 e. The summed E-state index contributed by atoms with van der Waals surface area (Å²) in [6.07, 6.45) is 9.78. The molecule has 4 bridgehead atoms. The van der Waals surface area contributed by atoms with E-state index in [0.717, 1.165) is 61.8 Å². The largest absolute Gasteiger partial charge is 0.354 e. The molecule has 30 heavy (non-hydrogen) atoms. The van der Waals surface area contributed by atoms with E-state index < -0.39 is 10.0 Å². The van der Waals surface area contributed by atoms with Crippen molar-refractivity contribution in [2.24, 2.45) is 23.2 Å². The standard InChI is InChI=1S/C24H34N2O3S/c1-17-6-2-3-8-22(17)30(28,29)26-9-5-4-7-21(26)16-25-23(27)24-13-18-10-19(14-24)12-20(11-18)15-24/h2-3,6,8,18-21H,4-5,7,9-16H2,1H3,(H,25,27)/t18-,19+,20?,21?,24?. The molecule has 5 fully saturated rings. The SMILES string of the molecule is Cc1ccccc1S(=O)(=O)N1CCCCC1CNC(=O)C12CC3C[C@H](C1)C[C@@H](C3)C2. The predicted molar refractivity (Wildman–Crippen MR) is 116 cm³/mol. The van der Waals surface area contributed by atoms with E-state index in [1.807, 2.05) is 19.1 Å². The number of amides is 1. The first-order valence-electron chi connectivity index (χ1n) is 11.7. The number of benzene rings is 1. The van der Waals surface area contributed by atoms with Crippen molar-refractivity contribution in [3.8, 4) is 0 Å². The number of carbonyl (C=O) groups is 1. The van der Waals surface area contributed by atoms with Crippen molar-refractivity contribution in [3.05, 3.63) is 29.8 Å². The Labute approximate surface area is 180 Å². The van der Waals surface area contributed by atoms with Gasteiger partial charge in [-0.15, -0.1) is 0 Å². The summed E-state index contributed by atoms with van der Waals surface area (Å²) in [6.45, 7) is 2.82. The molecule has 0 aromatic heterocycles. The minimum Gasteiger partial charge on any atom is -0.354 e. The van der Waals surface area contributed by atoms with Crippen molar-refractivity contribution in [2.45, 2.75) is 75.6 Å². The van der Waals surface area contributed by atoms with Crippen LogP contribution < -0.4 is 5.32 Å². The second-order valence-electron chi connectivity index (χ2n) is 10.4. The minimum atomic E-state index is -3.55. The molecule has 164 valence electrons. The molecule has 1 aliphatic heterocycles. The fraction of sp³-hybridized carbons (Fsp3) is 0.708. The molecule has 6 heteroatoms. The third-order valence-corrected chi connectivity index (χ3v) is 10.4. The molecule has 6 rings (SSSR count). The van der Waals surface area contributed by atoms with Gasteiger partial charge in [0.1, 0.15) is 0 Å². The van der Waals surface area contributed by atoms with Gasteiger partial charge in [0.25, 0.3) is 0 Å². The van der Waals surface area contributed by atoms with Gasteiger partial charge < -0.3 is 5.32 Å². The second-order valence-corrected chi connectivity index (χ2v) is 12.3. The van der Waals surface area contributed by atoms with Gasteiger partial charge in [0.15, 0.2) is 0 Å². The summed E-state index contributed by atoms with van der Waals surface area (Å²) in [5.74, 6) is 2.39. The van der Waals surface area contributed by atoms with E-state index in [4.69, 9.17) is 0 Å². The van der Waals surface area contributed by atoms with E-state index in [9.17, 15) is 13.2 Å². The molecule has 5 nitrogen and oxygen atoms in total. The van der Waals surface area contributed by atoms with Gasteiger partial charge in [0, 0.05) is 24.5 Å². The molecule has 1 heterocycles. The topological polar surface area (TPSA) is 66.5 Å². The molecule has 1 saturated heterocycles. The Bertz CT molecular complexity index is 891. The molecule has 1 amide bonds. The van der Waals surface area contributed by atoms with Gasteiger partial charge in [-0.05, 0) is 87.7 Å². The lowest BCUT2D eigenvalue weighted by Gasteiger charge is -2.55. The van der Waals surface area contributed by atoms with Gasteiger partial charge in [-0.3, -0.25) is 4.79 Å². The van der Waals surface area contributed by atoms with Crippen LogP contribution in [0.2, 0.25) is 0 Å². The Morgan fingerprint density at radius 2 is 1.70 bits per heavy atom. The van der Waals surface area contributed by atoms with Crippen molar-refractivity contribution in [3.63, 3.8) is 0 Å². The maximum atomic E-state index is 13.4. The Kier molecular flexibility index (Phi) is 5.21. The van der Waals surface area contributed by atoms with Gasteiger partial charge >= 0.3 is 0 Å². The van der Waals surface area contributed by atoms with Crippen LogP contribution in [0.5, 0.6) is 0 Å². The summed E-state index contributed by atoms with van der Waals surface area (Å²) in [7, 11) is -3.55. The van der Waals surface area contributed by atoms with E-state index in [-0.39, 0.29) is 17.4 Å². The first-order valence-corrected chi connectivity index (χ1v) is 13.2. The van der Waals surface area contributed by atoms with E-state index in [1.54, 1.807) is 16.4 Å². The molecule has 5 aliphatic rings. The number of hydrogen-bond acceptors (Lipinski definition) is 3. The van der Waals surface area contributed by atoms with Gasteiger partial charge in [0.2, 0.25) is 15.9 Å². The number of hydrogen-bond donors (Lipinski definition) is 1. The fourth-order valence-electron chi connectivity index (χ4n) is 7.25. The Balaban J connectivity index is 1.30. The van der Waals surface area contributed by atoms with Crippen LogP contribution in [0.15, 0.2) is 29.2 Å². The zero-order chi connectivity index (χ0) is 20.9. The third-order valence-electron chi connectivity index (χ3n) is 8.27. The van der Waals surface area contributed by atoms with Crippen molar-refractivity contribution < 1.29 is 13.2 Å². The van der Waals surface area contributed by atoms with Crippen LogP contribution in [0.3, 0.4) is 0 Å². The quantitative estimate of drug-likeness (QED) is 0.771. The molecule has 0 radical (unpaired) electrons. The van der Waals surface area contributed by atoms with Crippen LogP contribution in [0.25, 0.3) is 0 Å². The lowest BCUT2D eigenvalue weighted by molar-refractivity contribution is -0.146. The number of carbonyl (C=O) groups excluding carboxylic acids is 1. The van der Waals surface area contributed by atoms with Gasteiger partial charge in [-0.2, -0.15) is 4.31 Å². The van der Waals surface area contributed by atoms with E-state index in [0.29, 0.717) is 18.0 Å². The van der Waals surface area contributed by atoms with Crippen molar-refractivity contribution in [2.75, 3.05) is 13.1 Å². The highest BCUT2D eigenvalue weighted by Gasteiger charge is 2.54. The lowest BCUT2D eigenvalue weighted by Crippen LogP contribution is -2.56. The number of rotatable bonds is 5. The van der Waals surface area contributed by atoms with Gasteiger partial charge in [0.05, 0.1) is 4.90 Å². The fourth-order valence-corrected chi connectivity index (χ4v) is 9.17. The number of piperidine rings is 1. The number of nitrogens with one attached hydrogen (secondary N) is 1. The molecular weight excluding hydrogens is 396 g/mol. The van der Waals surface area contributed by atoms with E-state index in [1.165, 1.54) is 19.3 Å². The van der Waals surface area contributed by atoms with Crippen LogP contribution in [0, 0.1) is 30.1 Å². The molecule has 1 aromatic rings. The lowest BCUT2D eigenvalue weighted by atomic mass is 9.49. The summed E-state index contributed by atoms with van der Waals surface area (Å²) in [5.41, 5.74) is 0.600. The Morgan fingerprint density at radius 1 is 1.07 bits per heavy atom. The van der Waals surface area contributed by atoms with Crippen LogP contribution >= 0.6 is 0 Å². The number of aryl methyl sites for hydroxylation is 1. The van der Waals surface area contributed by atoms with Crippen LogP contribution in [0.4, 0.5) is 0 Å². The van der Waals surface area contributed by atoms with E-state index in [2.05, 4.69) is 5.32 Å². The van der Waals surface area contributed by atoms with Gasteiger partial charge in [-0.1, -0.05) is 24.6 Å². The Hall–Kier alpha value is -1.40. The number of sulfonamides is 1. The summed E-state index contributed by atoms with van der Waals surface area (Å²) in [4.78, 5) is 13.7. The summed E-state index contributed by atoms with van der Waals surface area (Å²) >= 11 is 0. The summed E-state index contributed by atoms with van der Waals surface area (Å²) in [6, 6.07) is 7.05. The summed E-state index contributed by atoms with van der Waals surface area (Å²) < 4.78 is 28.4. The average molecular weight is 431 g/mol. The highest BCUT2D eigenvalue weighted by atomic mass is 32.2.